The number of carboxylic acid groups (broad SMARTS) is 1. The summed E-state index contributed by atoms with van der Waals surface area (Å²) in [5, 5.41) is 8.96. The average Bonchev–Trinajstić information content (AvgIpc) is 4.13. The van der Waals surface area contributed by atoms with Gasteiger partial charge in [0.1, 0.15) is 18.1 Å². The molecular formula is C44H79ClN8O12S3. The van der Waals surface area contributed by atoms with E-state index in [2.05, 4.69) is 52.9 Å². The number of hydrogen-bond acceptors (Lipinski definition) is 17. The number of carbonyl (C=O) groups is 10. The minimum Gasteiger partial charge on any atom is -0.480 e. The van der Waals surface area contributed by atoms with Gasteiger partial charge in [0.25, 0.3) is 29.5 Å². The number of ether oxygens (including phenoxy) is 1. The van der Waals surface area contributed by atoms with E-state index >= 15 is 0 Å². The van der Waals surface area contributed by atoms with Crippen LogP contribution in [0.2, 0.25) is 0 Å². The zero-order valence-corrected chi connectivity index (χ0v) is 45.7. The van der Waals surface area contributed by atoms with Crippen molar-refractivity contribution in [2.45, 2.75) is 134 Å². The van der Waals surface area contributed by atoms with Crippen LogP contribution in [0.5, 0.6) is 0 Å². The molecule has 3 heterocycles. The first-order valence-electron chi connectivity index (χ1n) is 22.6. The van der Waals surface area contributed by atoms with Crippen molar-refractivity contribution >= 4 is 105 Å². The summed E-state index contributed by atoms with van der Waals surface area (Å²) in [5.41, 5.74) is 1.52. The molecule has 0 aromatic heterocycles. The molecule has 0 aliphatic carbocycles. The lowest BCUT2D eigenvalue weighted by molar-refractivity contribution is -0.154. The number of nitrogens with one attached hydrogen (secondary N) is 2. The van der Waals surface area contributed by atoms with Gasteiger partial charge in [-0.15, -0.1) is 35.3 Å². The summed E-state index contributed by atoms with van der Waals surface area (Å²) >= 11 is 8.89. The first-order chi connectivity index (χ1) is 31.6. The van der Waals surface area contributed by atoms with Crippen LogP contribution in [0.3, 0.4) is 0 Å². The number of hydrazine groups is 2. The molecule has 0 radical (unpaired) electrons. The lowest BCUT2D eigenvalue weighted by atomic mass is 9.84. The van der Waals surface area contributed by atoms with Crippen LogP contribution in [0.25, 0.3) is 0 Å². The Bertz CT molecular complexity index is 1640. The third-order valence-electron chi connectivity index (χ3n) is 11.6. The lowest BCUT2D eigenvalue weighted by Gasteiger charge is -2.28. The molecule has 0 aromatic rings. The van der Waals surface area contributed by atoms with Crippen LogP contribution in [0.1, 0.15) is 116 Å². The van der Waals surface area contributed by atoms with E-state index < -0.39 is 92.7 Å². The summed E-state index contributed by atoms with van der Waals surface area (Å²) in [7, 11) is 0. The molecule has 0 saturated carbocycles. The third-order valence-corrected chi connectivity index (χ3v) is 14.7. The van der Waals surface area contributed by atoms with Gasteiger partial charge in [-0.2, -0.15) is 0 Å². The largest absolute Gasteiger partial charge is 0.480 e. The highest BCUT2D eigenvalue weighted by atomic mass is 35.5. The Morgan fingerprint density at radius 1 is 0.603 bits per heavy atom. The second-order valence-corrected chi connectivity index (χ2v) is 21.3. The van der Waals surface area contributed by atoms with Crippen LogP contribution >= 0.6 is 46.9 Å². The van der Waals surface area contributed by atoms with Gasteiger partial charge in [0.05, 0.1) is 24.2 Å². The minimum absolute atomic E-state index is 0.202. The van der Waals surface area contributed by atoms with E-state index in [9.17, 15) is 47.9 Å². The third kappa shape index (κ3) is 21.3. The van der Waals surface area contributed by atoms with Gasteiger partial charge in [-0.3, -0.25) is 60.9 Å². The molecule has 24 heteroatoms. The molecule has 0 bridgehead atoms. The van der Waals surface area contributed by atoms with E-state index in [1.54, 1.807) is 41.5 Å². The number of ketones is 3. The van der Waals surface area contributed by atoms with Crippen molar-refractivity contribution in [2.75, 3.05) is 61.1 Å². The van der Waals surface area contributed by atoms with Gasteiger partial charge in [0.2, 0.25) is 17.3 Å². The van der Waals surface area contributed by atoms with Crippen LogP contribution in [-0.4, -0.2) is 162 Å². The average molecular weight is 1040 g/mol. The maximum Gasteiger partial charge on any atom is 0.403 e. The molecule has 3 saturated heterocycles. The molecule has 3 aliphatic heterocycles. The zero-order valence-electron chi connectivity index (χ0n) is 42.5. The molecule has 1 unspecified atom stereocenters. The molecule has 0 spiro atoms. The Morgan fingerprint density at radius 2 is 0.882 bits per heavy atom. The SMILES string of the molecule is CC(C)COC(=O)Cl.CCC(C)(C)C(=O)C(=O)N1CSCC1C(=O)NNC(=O)[C@@H]1CSCN1C(=O)C(=O)C(C)(C)CC.CCC(C)(C)C(=O)C(=O)N1CSC[C@H]1C(=O)O.CCN(CC)CC.NN. The Morgan fingerprint density at radius 3 is 1.09 bits per heavy atom. The number of thioether (sulfide) groups is 3. The maximum atomic E-state index is 12.7. The van der Waals surface area contributed by atoms with Crippen molar-refractivity contribution in [1.29, 1.82) is 0 Å². The Hall–Kier alpha value is -3.48. The maximum absolute atomic E-state index is 12.7. The second kappa shape index (κ2) is 32.4. The van der Waals surface area contributed by atoms with Gasteiger partial charge in [0.15, 0.2) is 0 Å². The number of nitrogens with two attached hydrogens (primary N) is 2. The Labute approximate surface area is 420 Å². The molecule has 392 valence electrons. The fourth-order valence-corrected chi connectivity index (χ4v) is 9.02. The number of carbonyl (C=O) groups excluding carboxylic acids is 9. The molecule has 3 fully saturated rings. The van der Waals surface area contributed by atoms with Crippen LogP contribution in [0.4, 0.5) is 4.79 Å². The summed E-state index contributed by atoms with van der Waals surface area (Å²) in [6.07, 6.45) is 1.52. The quantitative estimate of drug-likeness (QED) is 0.0593. The summed E-state index contributed by atoms with van der Waals surface area (Å²) < 4.78 is 4.43. The molecule has 5 amide bonds. The number of hydrogen-bond donors (Lipinski definition) is 5. The predicted molar refractivity (Wildman–Crippen MR) is 269 cm³/mol. The summed E-state index contributed by atoms with van der Waals surface area (Å²) in [5.74, 6) is 3.94. The van der Waals surface area contributed by atoms with Crippen LogP contribution in [-0.2, 0) is 47.9 Å². The fourth-order valence-electron chi connectivity index (χ4n) is 5.50. The molecule has 0 aromatic carbocycles. The minimum atomic E-state index is -1.05. The zero-order chi connectivity index (χ0) is 53.3. The number of aliphatic carboxylic acids is 1. The molecule has 3 aliphatic rings. The smallest absolute Gasteiger partial charge is 0.403 e. The van der Waals surface area contributed by atoms with E-state index in [0.29, 0.717) is 37.5 Å². The number of halogens is 1. The van der Waals surface area contributed by atoms with E-state index in [0.717, 1.165) is 4.90 Å². The molecular weight excluding hydrogens is 964 g/mol. The monoisotopic (exact) mass is 1040 g/mol. The number of nitrogens with zero attached hydrogens (tertiary/aromatic N) is 4. The van der Waals surface area contributed by atoms with Crippen molar-refractivity contribution in [3.63, 3.8) is 0 Å². The number of amides is 5. The molecule has 3 rings (SSSR count). The number of carboxylic acids is 1. The van der Waals surface area contributed by atoms with E-state index in [1.165, 1.54) is 64.7 Å². The summed E-state index contributed by atoms with van der Waals surface area (Å²) in [6.45, 7) is 30.0. The van der Waals surface area contributed by atoms with Gasteiger partial charge in [0, 0.05) is 45.1 Å². The fraction of sp³-hybridized carbons (Fsp3) is 0.773. The van der Waals surface area contributed by atoms with Crippen LogP contribution < -0.4 is 22.5 Å². The van der Waals surface area contributed by atoms with Crippen molar-refractivity contribution in [2.24, 2.45) is 33.8 Å². The van der Waals surface area contributed by atoms with Crippen molar-refractivity contribution in [3.8, 4) is 0 Å². The van der Waals surface area contributed by atoms with Crippen molar-refractivity contribution < 1.29 is 57.8 Å². The highest BCUT2D eigenvalue weighted by molar-refractivity contribution is 8.00. The lowest BCUT2D eigenvalue weighted by Crippen LogP contribution is -2.58. The standard InChI is InChI=1S/C22H34N4O6S2.C11H17NO4S.C6H15N.C5H9ClO2.H4N2/c1-7-21(3,4)15(27)19(31)25-11-33-9-13(25)17(29)23-24-18(30)14-10-34-12-26(14)20(32)16(28)22(5,6)8-2;1-4-11(2,3)8(13)9(14)12-6-17-5-7(12)10(15)16;1-4-7(5-2)6-3;1-4(2)3-8-5(6)7;1-2/h13-14H,7-12H2,1-6H3,(H,23,29)(H,24,30);7H,4-6H2,1-3H3,(H,15,16);4-6H2,1-3H3;4H,3H2,1-2H3;1-2H2/t13-,14?;7-;;;/m00.../s1. The number of rotatable bonds is 17. The number of Topliss-reactive ketones (excluding diaryl/α,β-unsaturated/α-hetero) is 3. The first-order valence-corrected chi connectivity index (χ1v) is 26.4. The van der Waals surface area contributed by atoms with Crippen molar-refractivity contribution in [3.05, 3.63) is 0 Å². The highest BCUT2D eigenvalue weighted by Crippen LogP contribution is 2.29. The van der Waals surface area contributed by atoms with Gasteiger partial charge >= 0.3 is 11.4 Å². The normalized spacial score (nSPS) is 17.8. The van der Waals surface area contributed by atoms with E-state index in [4.69, 9.17) is 16.7 Å². The molecule has 7 N–H and O–H groups in total. The second-order valence-electron chi connectivity index (χ2n) is 18.0. The highest BCUT2D eigenvalue weighted by Gasteiger charge is 2.44. The van der Waals surface area contributed by atoms with Gasteiger partial charge in [-0.25, -0.2) is 9.59 Å². The topological polar surface area (TPSA) is 289 Å². The van der Waals surface area contributed by atoms with Crippen LogP contribution in [0.15, 0.2) is 0 Å². The van der Waals surface area contributed by atoms with Gasteiger partial charge in [-0.1, -0.05) is 96.9 Å². The van der Waals surface area contributed by atoms with Crippen molar-refractivity contribution in [1.82, 2.24) is 30.5 Å². The van der Waals surface area contributed by atoms with Crippen LogP contribution in [0, 0.1) is 22.2 Å². The van der Waals surface area contributed by atoms with E-state index in [1.807, 2.05) is 34.6 Å². The Balaban J connectivity index is 0. The van der Waals surface area contributed by atoms with Gasteiger partial charge < -0.3 is 29.4 Å². The van der Waals surface area contributed by atoms with E-state index in [-0.39, 0.29) is 29.1 Å². The molecule has 68 heavy (non-hydrogen) atoms. The molecule has 3 atom stereocenters. The predicted octanol–water partition coefficient (Wildman–Crippen LogP) is 4.11. The Kier molecular flexibility index (Phi) is 31.7. The molecule has 20 nitrogen and oxygen atoms in total. The summed E-state index contributed by atoms with van der Waals surface area (Å²) in [4.78, 5) is 127. The van der Waals surface area contributed by atoms with Gasteiger partial charge in [-0.05, 0) is 44.8 Å². The summed E-state index contributed by atoms with van der Waals surface area (Å²) in [6, 6.07) is -2.68. The first kappa shape index (κ1) is 66.6.